The van der Waals surface area contributed by atoms with Gasteiger partial charge in [0.05, 0.1) is 0 Å². The molecule has 0 aliphatic rings. The summed E-state index contributed by atoms with van der Waals surface area (Å²) in [4.78, 5) is 0. The second-order valence-corrected chi connectivity index (χ2v) is 6.33. The van der Waals surface area contributed by atoms with Gasteiger partial charge in [0.25, 0.3) is 0 Å². The Balaban J connectivity index is 2.43. The van der Waals surface area contributed by atoms with Crippen LogP contribution in [0.3, 0.4) is 0 Å². The van der Waals surface area contributed by atoms with Crippen molar-refractivity contribution in [2.75, 3.05) is 0 Å². The Morgan fingerprint density at radius 2 is 1.31 bits per heavy atom. The monoisotopic (exact) mass is 286 g/mol. The van der Waals surface area contributed by atoms with Gasteiger partial charge in [0.1, 0.15) is 0 Å². The van der Waals surface area contributed by atoms with E-state index < -0.39 is 0 Å². The van der Waals surface area contributed by atoms with Crippen LogP contribution in [0, 0.1) is 21.8 Å². The van der Waals surface area contributed by atoms with Gasteiger partial charge >= 0.3 is 0 Å². The van der Waals surface area contributed by atoms with Crippen molar-refractivity contribution >= 4 is 59.5 Å². The van der Waals surface area contributed by atoms with Crippen LogP contribution < -0.4 is 0 Å². The Morgan fingerprint density at radius 3 is 1.56 bits per heavy atom. The molecule has 0 aromatic carbocycles. The van der Waals surface area contributed by atoms with Crippen LogP contribution in [-0.2, 0) is 0 Å². The van der Waals surface area contributed by atoms with Crippen LogP contribution in [0.15, 0.2) is 10.8 Å². The third-order valence-corrected chi connectivity index (χ3v) is 4.86. The maximum Gasteiger partial charge on any atom is 0.165 e. The zero-order valence-corrected chi connectivity index (χ0v) is 12.1. The standard InChI is InChI=1S/C10H10N2S4/c1-7-5-15-9(13)11(7)3-4-12-8(2)6-16-10(12)14/h3-6H,1-2H3/b4-3-. The number of aryl methyl sites for hydroxylation is 2. The highest BCUT2D eigenvalue weighted by atomic mass is 32.2. The average Bonchev–Trinajstić information content (AvgIpc) is 2.72. The first-order valence-corrected chi connectivity index (χ1v) is 7.19. The molecule has 2 heterocycles. The minimum atomic E-state index is 0.855. The fourth-order valence-electron chi connectivity index (χ4n) is 1.28. The highest BCUT2D eigenvalue weighted by Crippen LogP contribution is 2.13. The normalized spacial score (nSPS) is 11.4. The summed E-state index contributed by atoms with van der Waals surface area (Å²) in [6.45, 7) is 4.08. The van der Waals surface area contributed by atoms with Gasteiger partial charge in [0.2, 0.25) is 0 Å². The number of hydrogen-bond acceptors (Lipinski definition) is 4. The van der Waals surface area contributed by atoms with Gasteiger partial charge in [-0.2, -0.15) is 0 Å². The van der Waals surface area contributed by atoms with Gasteiger partial charge in [-0.05, 0) is 38.3 Å². The fraction of sp³-hybridized carbons (Fsp3) is 0.200. The second kappa shape index (κ2) is 4.75. The first-order chi connectivity index (χ1) is 7.59. The molecule has 2 aromatic heterocycles. The molecule has 2 aromatic rings. The van der Waals surface area contributed by atoms with Crippen LogP contribution in [-0.4, -0.2) is 9.13 Å². The zero-order chi connectivity index (χ0) is 11.7. The van der Waals surface area contributed by atoms with Gasteiger partial charge in [-0.1, -0.05) is 0 Å². The largest absolute Gasteiger partial charge is 0.302 e. The number of thiazole rings is 2. The van der Waals surface area contributed by atoms with E-state index in [0.29, 0.717) is 0 Å². The lowest BCUT2D eigenvalue weighted by molar-refractivity contribution is 1.04. The Bertz CT molecular complexity index is 582. The predicted octanol–water partition coefficient (Wildman–Crippen LogP) is 4.57. The molecule has 0 unspecified atom stereocenters. The number of hydrogen-bond donors (Lipinski definition) is 0. The van der Waals surface area contributed by atoms with Crippen LogP contribution in [0.5, 0.6) is 0 Å². The summed E-state index contributed by atoms with van der Waals surface area (Å²) in [6, 6.07) is 0. The third-order valence-electron chi connectivity index (χ3n) is 2.18. The van der Waals surface area contributed by atoms with Gasteiger partial charge < -0.3 is 9.13 Å². The van der Waals surface area contributed by atoms with E-state index in [-0.39, 0.29) is 0 Å². The Morgan fingerprint density at radius 1 is 0.938 bits per heavy atom. The van der Waals surface area contributed by atoms with E-state index in [1.54, 1.807) is 22.7 Å². The molecule has 0 N–H and O–H groups in total. The molecule has 0 amide bonds. The molecule has 2 nitrogen and oxygen atoms in total. The summed E-state index contributed by atoms with van der Waals surface area (Å²) in [5, 5.41) is 4.10. The van der Waals surface area contributed by atoms with Crippen molar-refractivity contribution in [1.82, 2.24) is 9.13 Å². The smallest absolute Gasteiger partial charge is 0.165 e. The third kappa shape index (κ3) is 2.24. The van der Waals surface area contributed by atoms with Crippen LogP contribution in [0.4, 0.5) is 0 Å². The summed E-state index contributed by atoms with van der Waals surface area (Å²) in [6.07, 6.45) is 3.92. The van der Waals surface area contributed by atoms with Gasteiger partial charge in [-0.25, -0.2) is 0 Å². The summed E-state index contributed by atoms with van der Waals surface area (Å²) < 4.78 is 5.68. The molecular formula is C10H10N2S4. The molecule has 0 fully saturated rings. The van der Waals surface area contributed by atoms with Crippen LogP contribution >= 0.6 is 47.1 Å². The first kappa shape index (κ1) is 11.9. The maximum atomic E-state index is 5.23. The SMILES string of the molecule is Cc1csc(=S)n1/C=C\n1c(C)csc1=S. The molecule has 2 rings (SSSR count). The van der Waals surface area contributed by atoms with Crippen LogP contribution in [0.25, 0.3) is 12.4 Å². The Labute approximate surface area is 112 Å². The Hall–Kier alpha value is -0.560. The lowest BCUT2D eigenvalue weighted by atomic mass is 10.5. The predicted molar refractivity (Wildman–Crippen MR) is 77.3 cm³/mol. The minimum Gasteiger partial charge on any atom is -0.302 e. The Kier molecular flexibility index (Phi) is 3.53. The first-order valence-electron chi connectivity index (χ1n) is 4.61. The molecule has 0 saturated carbocycles. The van der Waals surface area contributed by atoms with E-state index in [4.69, 9.17) is 24.4 Å². The zero-order valence-electron chi connectivity index (χ0n) is 8.84. The topological polar surface area (TPSA) is 9.86 Å². The lowest BCUT2D eigenvalue weighted by Crippen LogP contribution is -1.92. The van der Waals surface area contributed by atoms with E-state index >= 15 is 0 Å². The molecule has 0 aliphatic heterocycles. The van der Waals surface area contributed by atoms with Crippen molar-refractivity contribution in [3.8, 4) is 0 Å². The highest BCUT2D eigenvalue weighted by Gasteiger charge is 1.97. The van der Waals surface area contributed by atoms with Crippen molar-refractivity contribution in [2.45, 2.75) is 13.8 Å². The molecule has 6 heteroatoms. The molecule has 0 spiro atoms. The molecule has 0 bridgehead atoms. The molecular weight excluding hydrogens is 276 g/mol. The highest BCUT2D eigenvalue weighted by molar-refractivity contribution is 7.73. The van der Waals surface area contributed by atoms with Gasteiger partial charge in [0, 0.05) is 34.5 Å². The number of nitrogens with zero attached hydrogens (tertiary/aromatic N) is 2. The average molecular weight is 286 g/mol. The van der Waals surface area contributed by atoms with Crippen LogP contribution in [0.1, 0.15) is 11.4 Å². The minimum absolute atomic E-state index is 0.855. The quantitative estimate of drug-likeness (QED) is 0.748. The summed E-state index contributed by atoms with van der Waals surface area (Å²) in [5.74, 6) is 0. The van der Waals surface area contributed by atoms with Crippen molar-refractivity contribution in [3.05, 3.63) is 30.1 Å². The van der Waals surface area contributed by atoms with Gasteiger partial charge in [0.15, 0.2) is 7.91 Å². The van der Waals surface area contributed by atoms with Crippen molar-refractivity contribution in [1.29, 1.82) is 0 Å². The molecule has 84 valence electrons. The fourth-order valence-corrected chi connectivity index (χ4v) is 3.38. The number of rotatable bonds is 2. The number of aromatic nitrogens is 2. The summed E-state index contributed by atoms with van der Waals surface area (Å²) in [5.41, 5.74) is 2.29. The lowest BCUT2D eigenvalue weighted by Gasteiger charge is -1.99. The second-order valence-electron chi connectivity index (χ2n) is 3.32. The molecule has 0 aliphatic carbocycles. The van der Waals surface area contributed by atoms with Crippen molar-refractivity contribution in [2.24, 2.45) is 0 Å². The van der Waals surface area contributed by atoms with E-state index in [1.165, 1.54) is 0 Å². The molecule has 0 saturated heterocycles. The van der Waals surface area contributed by atoms with Crippen molar-refractivity contribution < 1.29 is 0 Å². The van der Waals surface area contributed by atoms with E-state index in [2.05, 4.69) is 0 Å². The van der Waals surface area contributed by atoms with Gasteiger partial charge in [-0.15, -0.1) is 22.7 Å². The van der Waals surface area contributed by atoms with E-state index in [9.17, 15) is 0 Å². The molecule has 0 atom stereocenters. The maximum absolute atomic E-state index is 5.23. The summed E-state index contributed by atoms with van der Waals surface area (Å²) >= 11 is 13.6. The van der Waals surface area contributed by atoms with E-state index in [1.807, 2.05) is 46.1 Å². The molecule has 16 heavy (non-hydrogen) atoms. The van der Waals surface area contributed by atoms with Gasteiger partial charge in [-0.3, -0.25) is 0 Å². The van der Waals surface area contributed by atoms with Crippen LogP contribution in [0.2, 0.25) is 0 Å². The van der Waals surface area contributed by atoms with Crippen molar-refractivity contribution in [3.63, 3.8) is 0 Å². The summed E-state index contributed by atoms with van der Waals surface area (Å²) in [7, 11) is 0. The molecule has 0 radical (unpaired) electrons. The van der Waals surface area contributed by atoms with E-state index in [0.717, 1.165) is 19.3 Å².